The molecular weight excluding hydrogens is 391 g/mol. The van der Waals surface area contributed by atoms with Gasteiger partial charge in [-0.25, -0.2) is 0 Å². The van der Waals surface area contributed by atoms with E-state index in [0.717, 1.165) is 5.56 Å². The molecule has 7 nitrogen and oxygen atoms in total. The van der Waals surface area contributed by atoms with Crippen molar-refractivity contribution in [1.82, 2.24) is 5.32 Å². The van der Waals surface area contributed by atoms with Gasteiger partial charge in [0.05, 0.1) is 4.92 Å². The van der Waals surface area contributed by atoms with Gasteiger partial charge in [-0.1, -0.05) is 29.8 Å². The fraction of sp³-hybridized carbons (Fsp3) is 0.278. The lowest BCUT2D eigenvalue weighted by atomic mass is 10.1. The number of rotatable bonds is 7. The minimum atomic E-state index is -0.571. The third-order valence-corrected chi connectivity index (χ3v) is 3.96. The first-order chi connectivity index (χ1) is 12.2. The fourth-order valence-corrected chi connectivity index (χ4v) is 2.42. The van der Waals surface area contributed by atoms with Crippen molar-refractivity contribution in [2.24, 2.45) is 5.73 Å². The molecule has 1 amide bonds. The molecule has 27 heavy (non-hydrogen) atoms. The zero-order chi connectivity index (χ0) is 19.3. The largest absolute Gasteiger partial charge is 0.375 e. The third-order valence-electron chi connectivity index (χ3n) is 3.59. The quantitative estimate of drug-likeness (QED) is 0.473. The normalized spacial score (nSPS) is 10.7. The molecule has 2 aromatic rings. The van der Waals surface area contributed by atoms with Gasteiger partial charge in [0.1, 0.15) is 5.69 Å². The van der Waals surface area contributed by atoms with Crippen molar-refractivity contribution >= 4 is 41.3 Å². The summed E-state index contributed by atoms with van der Waals surface area (Å²) in [6.07, 6.45) is 0. The lowest BCUT2D eigenvalue weighted by molar-refractivity contribution is -0.384. The smallest absolute Gasteiger partial charge is 0.293 e. The van der Waals surface area contributed by atoms with Gasteiger partial charge in [-0.2, -0.15) is 0 Å². The number of carbonyl (C=O) groups excluding carboxylic acids is 1. The van der Waals surface area contributed by atoms with E-state index in [1.165, 1.54) is 18.2 Å². The van der Waals surface area contributed by atoms with E-state index in [9.17, 15) is 14.9 Å². The molecule has 0 aliphatic rings. The minimum absolute atomic E-state index is 0. The van der Waals surface area contributed by atoms with E-state index in [0.29, 0.717) is 17.3 Å². The molecule has 0 aliphatic carbocycles. The average molecular weight is 413 g/mol. The molecule has 4 N–H and O–H groups in total. The van der Waals surface area contributed by atoms with Crippen LogP contribution in [0.5, 0.6) is 0 Å². The number of nitrogens with one attached hydrogen (secondary N) is 2. The van der Waals surface area contributed by atoms with Crippen molar-refractivity contribution in [3.8, 4) is 0 Å². The van der Waals surface area contributed by atoms with Crippen LogP contribution in [0.2, 0.25) is 5.02 Å². The first-order valence-electron chi connectivity index (χ1n) is 8.00. The molecule has 0 unspecified atom stereocenters. The van der Waals surface area contributed by atoms with Crippen molar-refractivity contribution < 1.29 is 9.72 Å². The van der Waals surface area contributed by atoms with E-state index in [4.69, 9.17) is 17.3 Å². The fourth-order valence-electron chi connectivity index (χ4n) is 2.22. The Balaban J connectivity index is 0.00000364. The molecule has 146 valence electrons. The summed E-state index contributed by atoms with van der Waals surface area (Å²) < 4.78 is 0. The van der Waals surface area contributed by atoms with E-state index < -0.39 is 16.4 Å². The molecule has 0 heterocycles. The van der Waals surface area contributed by atoms with Crippen molar-refractivity contribution in [2.75, 3.05) is 11.9 Å². The van der Waals surface area contributed by atoms with Gasteiger partial charge < -0.3 is 16.4 Å². The maximum absolute atomic E-state index is 12.2. The number of nitro benzene ring substituents is 1. The zero-order valence-electron chi connectivity index (χ0n) is 15.0. The number of benzene rings is 2. The van der Waals surface area contributed by atoms with Crippen LogP contribution in [0.3, 0.4) is 0 Å². The number of anilines is 1. The third kappa shape index (κ3) is 6.71. The predicted molar refractivity (Wildman–Crippen MR) is 110 cm³/mol. The van der Waals surface area contributed by atoms with E-state index in [1.807, 2.05) is 18.2 Å². The Labute approximate surface area is 168 Å². The van der Waals surface area contributed by atoms with Gasteiger partial charge in [0.2, 0.25) is 0 Å². The summed E-state index contributed by atoms with van der Waals surface area (Å²) in [6, 6.07) is 11.5. The highest BCUT2D eigenvalue weighted by molar-refractivity contribution is 6.31. The van der Waals surface area contributed by atoms with Crippen LogP contribution in [-0.4, -0.2) is 22.9 Å². The molecule has 9 heteroatoms. The van der Waals surface area contributed by atoms with Gasteiger partial charge in [0.25, 0.3) is 11.6 Å². The highest BCUT2D eigenvalue weighted by atomic mass is 35.5. The van der Waals surface area contributed by atoms with Gasteiger partial charge in [0, 0.05) is 35.3 Å². The lowest BCUT2D eigenvalue weighted by Crippen LogP contribution is -2.45. The number of hydrogen-bond donors (Lipinski definition) is 3. The summed E-state index contributed by atoms with van der Waals surface area (Å²) in [5.41, 5.74) is 6.40. The molecule has 0 spiro atoms. The standard InChI is InChI=1S/C18H21ClN4O3.ClH/c1-18(2,20)11-22-17(24)12-7-8-15(16(9-12)23(25)26)21-10-13-5-3-4-6-14(13)19;/h3-9,21H,10-11,20H2,1-2H3,(H,22,24);1H. The molecule has 2 aromatic carbocycles. The molecule has 0 atom stereocenters. The van der Waals surface area contributed by atoms with Gasteiger partial charge in [-0.15, -0.1) is 12.4 Å². The van der Waals surface area contributed by atoms with Gasteiger partial charge in [-0.05, 0) is 37.6 Å². The van der Waals surface area contributed by atoms with E-state index in [2.05, 4.69) is 10.6 Å². The number of nitrogens with two attached hydrogens (primary N) is 1. The Morgan fingerprint density at radius 2 is 1.93 bits per heavy atom. The van der Waals surface area contributed by atoms with E-state index in [-0.39, 0.29) is 30.2 Å². The molecule has 0 aliphatic heterocycles. The maximum Gasteiger partial charge on any atom is 0.293 e. The average Bonchev–Trinajstić information content (AvgIpc) is 2.58. The summed E-state index contributed by atoms with van der Waals surface area (Å²) in [5.74, 6) is -0.413. The van der Waals surface area contributed by atoms with E-state index in [1.54, 1.807) is 19.9 Å². The molecule has 0 aromatic heterocycles. The number of nitrogens with zero attached hydrogens (tertiary/aromatic N) is 1. The van der Waals surface area contributed by atoms with Gasteiger partial charge in [0.15, 0.2) is 0 Å². The summed E-state index contributed by atoms with van der Waals surface area (Å²) >= 11 is 6.09. The van der Waals surface area contributed by atoms with Crippen LogP contribution in [0.15, 0.2) is 42.5 Å². The van der Waals surface area contributed by atoms with Gasteiger partial charge >= 0.3 is 0 Å². The summed E-state index contributed by atoms with van der Waals surface area (Å²) in [6.45, 7) is 4.13. The highest BCUT2D eigenvalue weighted by Crippen LogP contribution is 2.27. The number of halogens is 2. The first kappa shape index (κ1) is 22.7. The monoisotopic (exact) mass is 412 g/mol. The Morgan fingerprint density at radius 3 is 2.52 bits per heavy atom. The van der Waals surface area contributed by atoms with Crippen LogP contribution >= 0.6 is 24.0 Å². The second kappa shape index (κ2) is 9.55. The Hall–Kier alpha value is -2.35. The molecule has 2 rings (SSSR count). The highest BCUT2D eigenvalue weighted by Gasteiger charge is 2.19. The number of carbonyl (C=O) groups is 1. The summed E-state index contributed by atoms with van der Waals surface area (Å²) in [5, 5.41) is 17.6. The van der Waals surface area contributed by atoms with Crippen molar-refractivity contribution in [1.29, 1.82) is 0 Å². The molecule has 0 saturated heterocycles. The number of amides is 1. The van der Waals surface area contributed by atoms with Crippen LogP contribution < -0.4 is 16.4 Å². The Kier molecular flexibility index (Phi) is 8.02. The van der Waals surface area contributed by atoms with E-state index >= 15 is 0 Å². The molecular formula is C18H22Cl2N4O3. The van der Waals surface area contributed by atoms with Crippen molar-refractivity contribution in [2.45, 2.75) is 25.9 Å². The summed E-state index contributed by atoms with van der Waals surface area (Å²) in [7, 11) is 0. The Bertz CT molecular complexity index is 822. The SMILES string of the molecule is CC(C)(N)CNC(=O)c1ccc(NCc2ccccc2Cl)c([N+](=O)[O-])c1.Cl. The van der Waals surface area contributed by atoms with Crippen molar-refractivity contribution in [3.05, 3.63) is 68.7 Å². The predicted octanol–water partition coefficient (Wildman–Crippen LogP) is 3.75. The second-order valence-electron chi connectivity index (χ2n) is 6.61. The molecule has 0 fully saturated rings. The molecule has 0 bridgehead atoms. The number of nitro groups is 1. The van der Waals surface area contributed by atoms with Crippen LogP contribution in [0.25, 0.3) is 0 Å². The molecule has 0 radical (unpaired) electrons. The first-order valence-corrected chi connectivity index (χ1v) is 8.38. The van der Waals surface area contributed by atoms with Crippen LogP contribution in [-0.2, 0) is 6.54 Å². The minimum Gasteiger partial charge on any atom is -0.375 e. The lowest BCUT2D eigenvalue weighted by Gasteiger charge is -2.19. The zero-order valence-corrected chi connectivity index (χ0v) is 16.6. The van der Waals surface area contributed by atoms with Gasteiger partial charge in [-0.3, -0.25) is 14.9 Å². The second-order valence-corrected chi connectivity index (χ2v) is 7.01. The summed E-state index contributed by atoms with van der Waals surface area (Å²) in [4.78, 5) is 23.0. The molecule has 0 saturated carbocycles. The number of hydrogen-bond acceptors (Lipinski definition) is 5. The Morgan fingerprint density at radius 1 is 1.26 bits per heavy atom. The van der Waals surface area contributed by atoms with Crippen LogP contribution in [0, 0.1) is 10.1 Å². The van der Waals surface area contributed by atoms with Crippen LogP contribution in [0.4, 0.5) is 11.4 Å². The maximum atomic E-state index is 12.2. The topological polar surface area (TPSA) is 110 Å². The van der Waals surface area contributed by atoms with Crippen LogP contribution in [0.1, 0.15) is 29.8 Å². The van der Waals surface area contributed by atoms with Crippen molar-refractivity contribution in [3.63, 3.8) is 0 Å².